The average molecular weight is 489 g/mol. The fourth-order valence-electron chi connectivity index (χ4n) is 3.92. The zero-order valence-corrected chi connectivity index (χ0v) is 20.2. The summed E-state index contributed by atoms with van der Waals surface area (Å²) in [4.78, 5) is 31.5. The standard InChI is InChI=1S/C24H30ClFN6O2/c1-13(2)32(3)12-14-4-6-18-15(8-14)9-16(11-29-24(27)28)21(18)31-23(34)22(33)30-17-5-7-19(25)20(26)10-17/h4-8,10,13,16,21H,9,11-12H2,1-3H3,(H,30,33)(H,31,34)(H4,27,28,29)/t16-,21-/m1/s1. The second-order valence-electron chi connectivity index (χ2n) is 8.81. The third-order valence-corrected chi connectivity index (χ3v) is 6.29. The van der Waals surface area contributed by atoms with Crippen molar-refractivity contribution < 1.29 is 14.0 Å². The van der Waals surface area contributed by atoms with E-state index in [0.717, 1.165) is 29.3 Å². The van der Waals surface area contributed by atoms with Gasteiger partial charge in [0.15, 0.2) is 5.96 Å². The number of fused-ring (bicyclic) bond motifs is 1. The molecule has 2 amide bonds. The van der Waals surface area contributed by atoms with Crippen LogP contribution in [-0.2, 0) is 22.6 Å². The zero-order valence-electron chi connectivity index (χ0n) is 19.4. The number of aliphatic imine (C=N–C) groups is 1. The van der Waals surface area contributed by atoms with Gasteiger partial charge < -0.3 is 22.1 Å². The summed E-state index contributed by atoms with van der Waals surface area (Å²) in [5.41, 5.74) is 14.3. The van der Waals surface area contributed by atoms with Crippen LogP contribution in [0.5, 0.6) is 0 Å². The third-order valence-electron chi connectivity index (χ3n) is 5.99. The van der Waals surface area contributed by atoms with E-state index in [1.165, 1.54) is 12.1 Å². The lowest BCUT2D eigenvalue weighted by molar-refractivity contribution is -0.136. The summed E-state index contributed by atoms with van der Waals surface area (Å²) in [7, 11) is 2.06. The summed E-state index contributed by atoms with van der Waals surface area (Å²) in [5, 5.41) is 5.12. The Hall–Kier alpha value is -3.17. The van der Waals surface area contributed by atoms with Crippen molar-refractivity contribution in [1.82, 2.24) is 10.2 Å². The highest BCUT2D eigenvalue weighted by Crippen LogP contribution is 2.37. The van der Waals surface area contributed by atoms with Crippen molar-refractivity contribution in [2.24, 2.45) is 22.4 Å². The van der Waals surface area contributed by atoms with Gasteiger partial charge in [-0.3, -0.25) is 19.5 Å². The molecule has 8 nitrogen and oxygen atoms in total. The van der Waals surface area contributed by atoms with Crippen LogP contribution < -0.4 is 22.1 Å². The van der Waals surface area contributed by atoms with Gasteiger partial charge in [0, 0.05) is 30.7 Å². The summed E-state index contributed by atoms with van der Waals surface area (Å²) in [6, 6.07) is 9.85. The number of halogens is 2. The normalized spacial score (nSPS) is 16.9. The molecule has 0 fully saturated rings. The second kappa shape index (κ2) is 10.8. The quantitative estimate of drug-likeness (QED) is 0.271. The van der Waals surface area contributed by atoms with Gasteiger partial charge in [-0.25, -0.2) is 4.39 Å². The van der Waals surface area contributed by atoms with Gasteiger partial charge in [-0.1, -0.05) is 29.8 Å². The number of nitrogens with zero attached hydrogens (tertiary/aromatic N) is 2. The average Bonchev–Trinajstić information content (AvgIpc) is 3.11. The van der Waals surface area contributed by atoms with Crippen molar-refractivity contribution in [3.63, 3.8) is 0 Å². The Kier molecular flexibility index (Phi) is 8.11. The van der Waals surface area contributed by atoms with Crippen molar-refractivity contribution in [2.75, 3.05) is 18.9 Å². The van der Waals surface area contributed by atoms with Crippen molar-refractivity contribution in [2.45, 2.75) is 38.9 Å². The van der Waals surface area contributed by atoms with Gasteiger partial charge in [0.1, 0.15) is 5.82 Å². The van der Waals surface area contributed by atoms with Gasteiger partial charge in [0.2, 0.25) is 0 Å². The smallest absolute Gasteiger partial charge is 0.313 e. The molecule has 0 bridgehead atoms. The number of guanidine groups is 1. The largest absolute Gasteiger partial charge is 0.370 e. The van der Waals surface area contributed by atoms with E-state index >= 15 is 0 Å². The molecule has 0 heterocycles. The van der Waals surface area contributed by atoms with Gasteiger partial charge in [-0.15, -0.1) is 0 Å². The van der Waals surface area contributed by atoms with Gasteiger partial charge in [0.05, 0.1) is 11.1 Å². The topological polar surface area (TPSA) is 126 Å². The molecule has 10 heteroatoms. The van der Waals surface area contributed by atoms with E-state index in [1.54, 1.807) is 0 Å². The molecule has 0 unspecified atom stereocenters. The first-order chi connectivity index (χ1) is 16.0. The summed E-state index contributed by atoms with van der Waals surface area (Å²) in [6.45, 7) is 5.36. The molecule has 0 aliphatic heterocycles. The van der Waals surface area contributed by atoms with E-state index in [9.17, 15) is 14.0 Å². The van der Waals surface area contributed by atoms with E-state index in [1.807, 2.05) is 12.1 Å². The number of nitrogens with two attached hydrogens (primary N) is 2. The second-order valence-corrected chi connectivity index (χ2v) is 9.21. The Morgan fingerprint density at radius 3 is 2.59 bits per heavy atom. The molecular formula is C24H30ClFN6O2. The van der Waals surface area contributed by atoms with E-state index in [4.69, 9.17) is 23.1 Å². The minimum atomic E-state index is -0.911. The molecule has 1 aliphatic rings. The number of anilines is 1. The number of hydrogen-bond acceptors (Lipinski definition) is 4. The molecule has 0 saturated carbocycles. The van der Waals surface area contributed by atoms with Crippen LogP contribution in [0, 0.1) is 11.7 Å². The molecule has 3 rings (SSSR count). The summed E-state index contributed by atoms with van der Waals surface area (Å²) < 4.78 is 13.7. The van der Waals surface area contributed by atoms with E-state index in [-0.39, 0.29) is 22.6 Å². The minimum absolute atomic E-state index is 0.0391. The van der Waals surface area contributed by atoms with Crippen LogP contribution in [0.15, 0.2) is 41.4 Å². The Bertz CT molecular complexity index is 1100. The number of carbonyl (C=O) groups is 2. The van der Waals surface area contributed by atoms with Gasteiger partial charge >= 0.3 is 11.8 Å². The van der Waals surface area contributed by atoms with Crippen LogP contribution in [0.1, 0.15) is 36.6 Å². The highest BCUT2D eigenvalue weighted by Gasteiger charge is 2.35. The maximum absolute atomic E-state index is 13.7. The Morgan fingerprint density at radius 2 is 1.94 bits per heavy atom. The lowest BCUT2D eigenvalue weighted by Crippen LogP contribution is -2.40. The van der Waals surface area contributed by atoms with Crippen LogP contribution >= 0.6 is 11.6 Å². The fourth-order valence-corrected chi connectivity index (χ4v) is 4.04. The van der Waals surface area contributed by atoms with Crippen molar-refractivity contribution in [3.05, 3.63) is 63.9 Å². The number of hydrogen-bond donors (Lipinski definition) is 4. The molecule has 34 heavy (non-hydrogen) atoms. The lowest BCUT2D eigenvalue weighted by Gasteiger charge is -2.22. The number of nitrogens with one attached hydrogen (secondary N) is 2. The van der Waals surface area contributed by atoms with Crippen molar-refractivity contribution in [1.29, 1.82) is 0 Å². The first-order valence-corrected chi connectivity index (χ1v) is 11.4. The molecule has 1 aliphatic carbocycles. The molecule has 0 aromatic heterocycles. The number of benzene rings is 2. The summed E-state index contributed by atoms with van der Waals surface area (Å²) >= 11 is 5.67. The number of rotatable bonds is 7. The van der Waals surface area contributed by atoms with Crippen LogP contribution in [-0.4, -0.2) is 42.3 Å². The molecule has 0 spiro atoms. The van der Waals surface area contributed by atoms with Gasteiger partial charge in [0.25, 0.3) is 0 Å². The molecular weight excluding hydrogens is 459 g/mol. The lowest BCUT2D eigenvalue weighted by atomic mass is 10.00. The van der Waals surface area contributed by atoms with Crippen LogP contribution in [0.4, 0.5) is 10.1 Å². The molecule has 2 atom stereocenters. The molecule has 182 valence electrons. The van der Waals surface area contributed by atoms with Crippen LogP contribution in [0.2, 0.25) is 5.02 Å². The van der Waals surface area contributed by atoms with Crippen molar-refractivity contribution >= 4 is 35.1 Å². The van der Waals surface area contributed by atoms with E-state index < -0.39 is 23.7 Å². The predicted molar refractivity (Wildman–Crippen MR) is 132 cm³/mol. The van der Waals surface area contributed by atoms with Crippen molar-refractivity contribution in [3.8, 4) is 0 Å². The zero-order chi connectivity index (χ0) is 25.0. The Labute approximate surface area is 203 Å². The maximum atomic E-state index is 13.7. The predicted octanol–water partition coefficient (Wildman–Crippen LogP) is 2.56. The molecule has 6 N–H and O–H groups in total. The molecule has 0 saturated heterocycles. The van der Waals surface area contributed by atoms with Crippen LogP contribution in [0.3, 0.4) is 0 Å². The summed E-state index contributed by atoms with van der Waals surface area (Å²) in [6.07, 6.45) is 0.653. The number of carbonyl (C=O) groups excluding carboxylic acids is 2. The van der Waals surface area contributed by atoms with Gasteiger partial charge in [-0.2, -0.15) is 0 Å². The molecule has 2 aromatic carbocycles. The first kappa shape index (κ1) is 25.5. The van der Waals surface area contributed by atoms with E-state index in [0.29, 0.717) is 19.0 Å². The fraction of sp³-hybridized carbons (Fsp3) is 0.375. The van der Waals surface area contributed by atoms with E-state index in [2.05, 4.69) is 47.5 Å². The molecule has 2 aromatic rings. The Balaban J connectivity index is 1.78. The SMILES string of the molecule is CC(C)N(C)Cc1ccc2c(c1)C[C@H](CN=C(N)N)[C@H]2NC(=O)C(=O)Nc1ccc(Cl)c(F)c1. The minimum Gasteiger partial charge on any atom is -0.370 e. The number of amides is 2. The maximum Gasteiger partial charge on any atom is 0.313 e. The molecule has 0 radical (unpaired) electrons. The first-order valence-electron chi connectivity index (χ1n) is 11.0. The Morgan fingerprint density at radius 1 is 1.21 bits per heavy atom. The highest BCUT2D eigenvalue weighted by molar-refractivity contribution is 6.39. The highest BCUT2D eigenvalue weighted by atomic mass is 35.5. The van der Waals surface area contributed by atoms with Crippen LogP contribution in [0.25, 0.3) is 0 Å². The van der Waals surface area contributed by atoms with Gasteiger partial charge in [-0.05, 0) is 62.2 Å². The third kappa shape index (κ3) is 6.24. The summed E-state index contributed by atoms with van der Waals surface area (Å²) in [5.74, 6) is -2.61. The monoisotopic (exact) mass is 488 g/mol.